The Balaban J connectivity index is 2.74. The molecule has 0 bridgehead atoms. The lowest BCUT2D eigenvalue weighted by Crippen LogP contribution is -2.75. The number of hydrogen-bond donors (Lipinski definition) is 2. The zero-order valence-electron chi connectivity index (χ0n) is 11.2. The average molecular weight is 244 g/mol. The van der Waals surface area contributed by atoms with Gasteiger partial charge in [-0.3, -0.25) is 4.79 Å². The van der Waals surface area contributed by atoms with Gasteiger partial charge in [0.25, 0.3) is 0 Å². The van der Waals surface area contributed by atoms with E-state index in [2.05, 4.69) is 0 Å². The SMILES string of the molecule is CCOC1CC(N)(C(=O)N(C)CCO)C1(C)C. The van der Waals surface area contributed by atoms with Crippen molar-refractivity contribution in [3.8, 4) is 0 Å². The van der Waals surface area contributed by atoms with Crippen LogP contribution >= 0.6 is 0 Å². The molecule has 1 rings (SSSR count). The van der Waals surface area contributed by atoms with Crippen LogP contribution in [0.1, 0.15) is 27.2 Å². The fraction of sp³-hybridized carbons (Fsp3) is 0.917. The molecule has 1 saturated carbocycles. The molecule has 5 nitrogen and oxygen atoms in total. The summed E-state index contributed by atoms with van der Waals surface area (Å²) in [7, 11) is 1.66. The van der Waals surface area contributed by atoms with E-state index in [0.717, 1.165) is 0 Å². The van der Waals surface area contributed by atoms with Gasteiger partial charge in [-0.2, -0.15) is 0 Å². The molecule has 3 N–H and O–H groups in total. The number of nitrogens with two attached hydrogens (primary N) is 1. The van der Waals surface area contributed by atoms with Crippen LogP contribution in [0.3, 0.4) is 0 Å². The molecule has 100 valence electrons. The van der Waals surface area contributed by atoms with E-state index in [4.69, 9.17) is 15.6 Å². The van der Waals surface area contributed by atoms with E-state index < -0.39 is 5.54 Å². The van der Waals surface area contributed by atoms with Gasteiger partial charge in [-0.15, -0.1) is 0 Å². The lowest BCUT2D eigenvalue weighted by Gasteiger charge is -2.58. The van der Waals surface area contributed by atoms with Crippen LogP contribution in [-0.2, 0) is 9.53 Å². The summed E-state index contributed by atoms with van der Waals surface area (Å²) < 4.78 is 5.58. The van der Waals surface area contributed by atoms with Crippen molar-refractivity contribution < 1.29 is 14.6 Å². The second-order valence-corrected chi connectivity index (χ2v) is 5.29. The van der Waals surface area contributed by atoms with Gasteiger partial charge in [0.1, 0.15) is 5.54 Å². The number of likely N-dealkylation sites (N-methyl/N-ethyl adjacent to an activating group) is 1. The van der Waals surface area contributed by atoms with Gasteiger partial charge in [0, 0.05) is 32.0 Å². The zero-order valence-corrected chi connectivity index (χ0v) is 11.2. The maximum atomic E-state index is 12.2. The van der Waals surface area contributed by atoms with E-state index in [1.54, 1.807) is 7.05 Å². The molecule has 0 saturated heterocycles. The van der Waals surface area contributed by atoms with Crippen LogP contribution in [-0.4, -0.2) is 54.4 Å². The molecule has 0 spiro atoms. The molecule has 17 heavy (non-hydrogen) atoms. The summed E-state index contributed by atoms with van der Waals surface area (Å²) >= 11 is 0. The summed E-state index contributed by atoms with van der Waals surface area (Å²) in [5.41, 5.74) is 4.97. The molecular formula is C12H24N2O3. The number of ether oxygens (including phenoxy) is 1. The first kappa shape index (κ1) is 14.4. The minimum absolute atomic E-state index is 0.0315. The predicted molar refractivity (Wildman–Crippen MR) is 65.5 cm³/mol. The lowest BCUT2D eigenvalue weighted by atomic mass is 9.54. The third-order valence-corrected chi connectivity index (χ3v) is 3.99. The van der Waals surface area contributed by atoms with E-state index >= 15 is 0 Å². The minimum atomic E-state index is -0.878. The lowest BCUT2D eigenvalue weighted by molar-refractivity contribution is -0.178. The zero-order chi connectivity index (χ0) is 13.3. The smallest absolute Gasteiger partial charge is 0.243 e. The normalized spacial score (nSPS) is 30.8. The van der Waals surface area contributed by atoms with Crippen LogP contribution in [0.4, 0.5) is 0 Å². The van der Waals surface area contributed by atoms with Gasteiger partial charge in [-0.05, 0) is 6.92 Å². The number of aliphatic hydroxyl groups excluding tert-OH is 1. The van der Waals surface area contributed by atoms with E-state index in [9.17, 15) is 4.79 Å². The van der Waals surface area contributed by atoms with Gasteiger partial charge in [0.05, 0.1) is 12.7 Å². The molecule has 1 aliphatic carbocycles. The summed E-state index contributed by atoms with van der Waals surface area (Å²) in [5.74, 6) is -0.118. The van der Waals surface area contributed by atoms with E-state index in [1.807, 2.05) is 20.8 Å². The molecule has 0 radical (unpaired) electrons. The van der Waals surface area contributed by atoms with Crippen molar-refractivity contribution in [3.05, 3.63) is 0 Å². The number of carbonyl (C=O) groups is 1. The van der Waals surface area contributed by atoms with Crippen LogP contribution in [0.5, 0.6) is 0 Å². The standard InChI is InChI=1S/C12H24N2O3/c1-5-17-9-8-12(13,11(9,2)3)10(16)14(4)6-7-15/h9,15H,5-8,13H2,1-4H3. The highest BCUT2D eigenvalue weighted by atomic mass is 16.5. The van der Waals surface area contributed by atoms with Crippen LogP contribution in [0.25, 0.3) is 0 Å². The molecule has 0 aromatic carbocycles. The fourth-order valence-electron chi connectivity index (χ4n) is 2.39. The Kier molecular flexibility index (Phi) is 4.17. The number of aliphatic hydroxyl groups is 1. The second kappa shape index (κ2) is 4.92. The average Bonchev–Trinajstić information content (AvgIpc) is 2.27. The highest BCUT2D eigenvalue weighted by Gasteiger charge is 2.63. The maximum Gasteiger partial charge on any atom is 0.243 e. The fourth-order valence-corrected chi connectivity index (χ4v) is 2.39. The largest absolute Gasteiger partial charge is 0.395 e. The Hall–Kier alpha value is -0.650. The van der Waals surface area contributed by atoms with Crippen LogP contribution in [0.2, 0.25) is 0 Å². The minimum Gasteiger partial charge on any atom is -0.395 e. The van der Waals surface area contributed by atoms with Crippen molar-refractivity contribution >= 4 is 5.91 Å². The molecule has 0 aromatic rings. The predicted octanol–water partition coefficient (Wildman–Crippen LogP) is -0.0304. The van der Waals surface area contributed by atoms with Gasteiger partial charge in [0.2, 0.25) is 5.91 Å². The number of rotatable bonds is 5. The molecule has 0 aliphatic heterocycles. The highest BCUT2D eigenvalue weighted by Crippen LogP contribution is 2.50. The summed E-state index contributed by atoms with van der Waals surface area (Å²) in [6.07, 6.45) is 0.576. The molecule has 1 fully saturated rings. The topological polar surface area (TPSA) is 75.8 Å². The Labute approximate surface area is 103 Å². The third kappa shape index (κ3) is 2.19. The first-order chi connectivity index (χ1) is 7.81. The number of carbonyl (C=O) groups excluding carboxylic acids is 1. The van der Waals surface area contributed by atoms with E-state index in [1.165, 1.54) is 4.90 Å². The van der Waals surface area contributed by atoms with Crippen molar-refractivity contribution in [2.24, 2.45) is 11.1 Å². The number of amides is 1. The van der Waals surface area contributed by atoms with Gasteiger partial charge >= 0.3 is 0 Å². The number of hydrogen-bond acceptors (Lipinski definition) is 4. The van der Waals surface area contributed by atoms with Crippen molar-refractivity contribution in [3.63, 3.8) is 0 Å². The van der Waals surface area contributed by atoms with E-state index in [-0.39, 0.29) is 24.0 Å². The summed E-state index contributed by atoms with van der Waals surface area (Å²) in [6.45, 7) is 6.75. The quantitative estimate of drug-likeness (QED) is 0.712. The van der Waals surface area contributed by atoms with Crippen LogP contribution in [0.15, 0.2) is 0 Å². The van der Waals surface area contributed by atoms with Gasteiger partial charge in [-0.25, -0.2) is 0 Å². The molecule has 2 atom stereocenters. The molecule has 1 aliphatic rings. The Morgan fingerprint density at radius 1 is 1.59 bits per heavy atom. The summed E-state index contributed by atoms with van der Waals surface area (Å²) in [4.78, 5) is 13.7. The Morgan fingerprint density at radius 3 is 2.59 bits per heavy atom. The van der Waals surface area contributed by atoms with Crippen molar-refractivity contribution in [1.82, 2.24) is 4.90 Å². The Morgan fingerprint density at radius 2 is 2.18 bits per heavy atom. The molecular weight excluding hydrogens is 220 g/mol. The molecule has 0 heterocycles. The number of nitrogens with zero attached hydrogens (tertiary/aromatic N) is 1. The Bertz CT molecular complexity index is 293. The molecule has 0 aromatic heterocycles. The van der Waals surface area contributed by atoms with Crippen molar-refractivity contribution in [1.29, 1.82) is 0 Å². The maximum absolute atomic E-state index is 12.2. The molecule has 2 unspecified atom stereocenters. The molecule has 5 heteroatoms. The van der Waals surface area contributed by atoms with Gasteiger partial charge in [0.15, 0.2) is 0 Å². The first-order valence-corrected chi connectivity index (χ1v) is 6.08. The monoisotopic (exact) mass is 244 g/mol. The van der Waals surface area contributed by atoms with E-state index in [0.29, 0.717) is 19.6 Å². The summed E-state index contributed by atoms with van der Waals surface area (Å²) in [5, 5.41) is 8.85. The van der Waals surface area contributed by atoms with Crippen molar-refractivity contribution in [2.75, 3.05) is 26.8 Å². The van der Waals surface area contributed by atoms with Crippen molar-refractivity contribution in [2.45, 2.75) is 38.8 Å². The van der Waals surface area contributed by atoms with Gasteiger partial charge in [-0.1, -0.05) is 13.8 Å². The molecule has 1 amide bonds. The van der Waals surface area contributed by atoms with Crippen LogP contribution < -0.4 is 5.73 Å². The van der Waals surface area contributed by atoms with Crippen LogP contribution in [0, 0.1) is 5.41 Å². The first-order valence-electron chi connectivity index (χ1n) is 6.08. The second-order valence-electron chi connectivity index (χ2n) is 5.29. The summed E-state index contributed by atoms with van der Waals surface area (Å²) in [6, 6.07) is 0. The third-order valence-electron chi connectivity index (χ3n) is 3.99. The highest BCUT2D eigenvalue weighted by molar-refractivity contribution is 5.88. The van der Waals surface area contributed by atoms with Gasteiger partial charge < -0.3 is 20.5 Å².